The third kappa shape index (κ3) is 1.73. The van der Waals surface area contributed by atoms with Crippen LogP contribution in [0.15, 0.2) is 28.8 Å². The van der Waals surface area contributed by atoms with Crippen molar-refractivity contribution in [3.05, 3.63) is 30.2 Å². The molecule has 0 fully saturated rings. The second-order valence-electron chi connectivity index (χ2n) is 3.87. The number of allylic oxidation sites excluding steroid dienone is 2. The number of hydrogen-bond donors (Lipinski definition) is 1. The maximum atomic E-state index is 5.68. The minimum absolute atomic E-state index is 0.296. The van der Waals surface area contributed by atoms with Crippen LogP contribution in [0, 0.1) is 6.42 Å². The SMILES string of the molecule is C[C@@]1(C2=C[CH]CC=C2)COCC(N)=N1. The van der Waals surface area contributed by atoms with E-state index in [1.165, 1.54) is 5.57 Å². The topological polar surface area (TPSA) is 47.6 Å². The van der Waals surface area contributed by atoms with Gasteiger partial charge in [-0.15, -0.1) is 0 Å². The van der Waals surface area contributed by atoms with Crippen molar-refractivity contribution >= 4 is 5.84 Å². The lowest BCUT2D eigenvalue weighted by Gasteiger charge is -2.31. The van der Waals surface area contributed by atoms with E-state index in [0.717, 1.165) is 6.42 Å². The number of aliphatic imine (C=N–C) groups is 1. The summed E-state index contributed by atoms with van der Waals surface area (Å²) >= 11 is 0. The molecule has 2 N–H and O–H groups in total. The van der Waals surface area contributed by atoms with E-state index in [0.29, 0.717) is 19.0 Å². The third-order valence-electron chi connectivity index (χ3n) is 2.51. The summed E-state index contributed by atoms with van der Waals surface area (Å²) in [6.45, 7) is 3.11. The van der Waals surface area contributed by atoms with Gasteiger partial charge in [0.1, 0.15) is 18.0 Å². The molecule has 0 saturated heterocycles. The summed E-state index contributed by atoms with van der Waals surface area (Å²) in [4.78, 5) is 4.47. The molecule has 1 aliphatic heterocycles. The average Bonchev–Trinajstić information content (AvgIpc) is 2.19. The fourth-order valence-electron chi connectivity index (χ4n) is 1.77. The van der Waals surface area contributed by atoms with E-state index in [9.17, 15) is 0 Å². The van der Waals surface area contributed by atoms with E-state index in [-0.39, 0.29) is 5.54 Å². The number of nitrogens with zero attached hydrogens (tertiary/aromatic N) is 1. The van der Waals surface area contributed by atoms with Crippen molar-refractivity contribution < 1.29 is 4.74 Å². The lowest BCUT2D eigenvalue weighted by Crippen LogP contribution is -2.40. The Morgan fingerprint density at radius 2 is 2.43 bits per heavy atom. The standard InChI is InChI=1S/C11H15N2O/c1-11(8-14-7-10(12)13-11)9-5-3-2-4-6-9/h3-6H,2,7-8H2,1H3,(H2,12,13)/t11-/m0/s1. The summed E-state index contributed by atoms with van der Waals surface area (Å²) in [5.74, 6) is 0.582. The number of amidine groups is 1. The molecule has 0 aromatic heterocycles. The molecule has 0 unspecified atom stereocenters. The van der Waals surface area contributed by atoms with Crippen LogP contribution in [-0.2, 0) is 4.74 Å². The molecule has 14 heavy (non-hydrogen) atoms. The van der Waals surface area contributed by atoms with Crippen LogP contribution in [0.2, 0.25) is 0 Å². The predicted octanol–water partition coefficient (Wildman–Crippen LogP) is 1.22. The normalized spacial score (nSPS) is 32.4. The summed E-state index contributed by atoms with van der Waals surface area (Å²) < 4.78 is 5.41. The lowest BCUT2D eigenvalue weighted by atomic mass is 9.88. The minimum Gasteiger partial charge on any atom is -0.386 e. The number of rotatable bonds is 1. The number of hydrogen-bond acceptors (Lipinski definition) is 3. The van der Waals surface area contributed by atoms with Crippen LogP contribution in [0.3, 0.4) is 0 Å². The molecule has 1 aliphatic carbocycles. The Bertz CT molecular complexity index is 317. The average molecular weight is 191 g/mol. The Morgan fingerprint density at radius 1 is 1.57 bits per heavy atom. The zero-order valence-corrected chi connectivity index (χ0v) is 8.36. The molecule has 0 aromatic carbocycles. The zero-order chi connectivity index (χ0) is 10.0. The van der Waals surface area contributed by atoms with Crippen LogP contribution >= 0.6 is 0 Å². The van der Waals surface area contributed by atoms with Gasteiger partial charge in [0.2, 0.25) is 0 Å². The van der Waals surface area contributed by atoms with E-state index in [2.05, 4.69) is 29.6 Å². The highest BCUT2D eigenvalue weighted by Crippen LogP contribution is 2.28. The Morgan fingerprint density at radius 3 is 3.07 bits per heavy atom. The first-order valence-corrected chi connectivity index (χ1v) is 4.83. The zero-order valence-electron chi connectivity index (χ0n) is 8.36. The molecule has 0 saturated carbocycles. The van der Waals surface area contributed by atoms with Gasteiger partial charge in [-0.3, -0.25) is 4.99 Å². The second kappa shape index (κ2) is 3.58. The van der Waals surface area contributed by atoms with Crippen molar-refractivity contribution in [1.82, 2.24) is 0 Å². The molecule has 3 heteroatoms. The summed E-state index contributed by atoms with van der Waals surface area (Å²) in [6, 6.07) is 0. The number of ether oxygens (including phenoxy) is 1. The maximum absolute atomic E-state index is 5.68. The van der Waals surface area contributed by atoms with Gasteiger partial charge in [-0.25, -0.2) is 0 Å². The van der Waals surface area contributed by atoms with Gasteiger partial charge in [0, 0.05) is 0 Å². The van der Waals surface area contributed by atoms with Crippen LogP contribution in [0.1, 0.15) is 13.3 Å². The van der Waals surface area contributed by atoms with Gasteiger partial charge < -0.3 is 10.5 Å². The molecule has 2 rings (SSSR count). The highest BCUT2D eigenvalue weighted by molar-refractivity contribution is 5.83. The van der Waals surface area contributed by atoms with Crippen molar-refractivity contribution in [2.24, 2.45) is 10.7 Å². The smallest absolute Gasteiger partial charge is 0.121 e. The fraction of sp³-hybridized carbons (Fsp3) is 0.455. The van der Waals surface area contributed by atoms with Crippen molar-refractivity contribution in [1.29, 1.82) is 0 Å². The Kier molecular flexibility index (Phi) is 2.42. The quantitative estimate of drug-likeness (QED) is 0.677. The molecule has 0 amide bonds. The van der Waals surface area contributed by atoms with Crippen molar-refractivity contribution in [2.45, 2.75) is 18.9 Å². The molecular weight excluding hydrogens is 176 g/mol. The van der Waals surface area contributed by atoms with Crippen LogP contribution in [0.4, 0.5) is 0 Å². The molecule has 75 valence electrons. The molecule has 1 atom stereocenters. The van der Waals surface area contributed by atoms with Crippen molar-refractivity contribution in [3.63, 3.8) is 0 Å². The first-order chi connectivity index (χ1) is 6.71. The van der Waals surface area contributed by atoms with Crippen LogP contribution < -0.4 is 5.73 Å². The van der Waals surface area contributed by atoms with Gasteiger partial charge in [0.15, 0.2) is 0 Å². The molecule has 1 heterocycles. The van der Waals surface area contributed by atoms with E-state index in [1.807, 2.05) is 6.92 Å². The van der Waals surface area contributed by atoms with E-state index >= 15 is 0 Å². The minimum atomic E-state index is -0.296. The molecule has 0 spiro atoms. The Labute approximate surface area is 84.3 Å². The molecule has 2 aliphatic rings. The molecule has 0 bridgehead atoms. The number of nitrogens with two attached hydrogens (primary N) is 1. The molecule has 1 radical (unpaired) electrons. The maximum Gasteiger partial charge on any atom is 0.121 e. The van der Waals surface area contributed by atoms with Gasteiger partial charge in [-0.1, -0.05) is 18.2 Å². The molecular formula is C11H15N2O. The predicted molar refractivity (Wildman–Crippen MR) is 57.0 cm³/mol. The van der Waals surface area contributed by atoms with Gasteiger partial charge in [0.25, 0.3) is 0 Å². The van der Waals surface area contributed by atoms with Crippen molar-refractivity contribution in [3.8, 4) is 0 Å². The largest absolute Gasteiger partial charge is 0.386 e. The van der Waals surface area contributed by atoms with Gasteiger partial charge >= 0.3 is 0 Å². The molecule has 0 aromatic rings. The monoisotopic (exact) mass is 191 g/mol. The third-order valence-corrected chi connectivity index (χ3v) is 2.51. The summed E-state index contributed by atoms with van der Waals surface area (Å²) in [7, 11) is 0. The first-order valence-electron chi connectivity index (χ1n) is 4.83. The van der Waals surface area contributed by atoms with Crippen LogP contribution in [0.25, 0.3) is 0 Å². The van der Waals surface area contributed by atoms with Gasteiger partial charge in [-0.05, 0) is 25.3 Å². The van der Waals surface area contributed by atoms with Gasteiger partial charge in [0.05, 0.1) is 6.61 Å². The fourth-order valence-corrected chi connectivity index (χ4v) is 1.77. The Hall–Kier alpha value is -1.09. The van der Waals surface area contributed by atoms with Crippen LogP contribution in [0.5, 0.6) is 0 Å². The van der Waals surface area contributed by atoms with E-state index in [1.54, 1.807) is 0 Å². The van der Waals surface area contributed by atoms with Gasteiger partial charge in [-0.2, -0.15) is 0 Å². The first kappa shape index (κ1) is 9.46. The lowest BCUT2D eigenvalue weighted by molar-refractivity contribution is 0.121. The van der Waals surface area contributed by atoms with E-state index in [4.69, 9.17) is 10.5 Å². The Balaban J connectivity index is 2.26. The highest BCUT2D eigenvalue weighted by Gasteiger charge is 2.30. The van der Waals surface area contributed by atoms with Crippen LogP contribution in [-0.4, -0.2) is 24.6 Å². The summed E-state index contributed by atoms with van der Waals surface area (Å²) in [6.07, 6.45) is 9.46. The summed E-state index contributed by atoms with van der Waals surface area (Å²) in [5, 5.41) is 0. The second-order valence-corrected chi connectivity index (χ2v) is 3.87. The van der Waals surface area contributed by atoms with Crippen molar-refractivity contribution in [2.75, 3.05) is 13.2 Å². The highest BCUT2D eigenvalue weighted by atomic mass is 16.5. The van der Waals surface area contributed by atoms with E-state index < -0.39 is 0 Å². The summed E-state index contributed by atoms with van der Waals surface area (Å²) in [5.41, 5.74) is 6.56. The molecule has 3 nitrogen and oxygen atoms in total.